The van der Waals surface area contributed by atoms with Crippen molar-refractivity contribution in [1.29, 1.82) is 0 Å². The molecule has 11 heteroatoms. The van der Waals surface area contributed by atoms with E-state index in [1.165, 1.54) is 25.1 Å². The highest BCUT2D eigenvalue weighted by Gasteiger charge is 2.20. The Morgan fingerprint density at radius 3 is 2.48 bits per heavy atom. The lowest BCUT2D eigenvalue weighted by molar-refractivity contribution is -0.153. The van der Waals surface area contributed by atoms with Crippen LogP contribution in [0.1, 0.15) is 24.2 Å². The van der Waals surface area contributed by atoms with Gasteiger partial charge in [0, 0.05) is 12.1 Å². The van der Waals surface area contributed by atoms with Gasteiger partial charge < -0.3 is 20.1 Å². The number of imide groups is 1. The minimum atomic E-state index is -3.04. The van der Waals surface area contributed by atoms with E-state index >= 15 is 0 Å². The molecule has 1 rings (SSSR count). The predicted octanol–water partition coefficient (Wildman–Crippen LogP) is 0.795. The van der Waals surface area contributed by atoms with Crippen LogP contribution < -0.4 is 20.7 Å². The molecule has 1 aromatic carbocycles. The molecule has 3 N–H and O–H groups in total. The number of hydrogen-bond acceptors (Lipinski definition) is 6. The van der Waals surface area contributed by atoms with Gasteiger partial charge in [0.1, 0.15) is 12.3 Å². The smallest absolute Gasteiger partial charge is 0.387 e. The highest BCUT2D eigenvalue weighted by Crippen LogP contribution is 2.15. The van der Waals surface area contributed by atoms with Crippen molar-refractivity contribution in [2.45, 2.75) is 26.6 Å². The van der Waals surface area contributed by atoms with Gasteiger partial charge in [0.2, 0.25) is 0 Å². The number of carbonyl (C=O) groups is 4. The summed E-state index contributed by atoms with van der Waals surface area (Å²) >= 11 is 0. The molecule has 0 saturated carbocycles. The number of halogens is 2. The second-order valence-electron chi connectivity index (χ2n) is 5.07. The Morgan fingerprint density at radius 2 is 1.85 bits per heavy atom. The second kappa shape index (κ2) is 10.7. The number of nitrogens with one attached hydrogen (secondary N) is 3. The zero-order valence-electron chi connectivity index (χ0n) is 14.6. The summed E-state index contributed by atoms with van der Waals surface area (Å²) in [5, 5.41) is 6.52. The van der Waals surface area contributed by atoms with Crippen LogP contribution in [0, 0.1) is 0 Å². The minimum Gasteiger partial charge on any atom is -0.451 e. The summed E-state index contributed by atoms with van der Waals surface area (Å²) in [4.78, 5) is 46.5. The van der Waals surface area contributed by atoms with E-state index in [2.05, 4.69) is 15.4 Å². The predicted molar refractivity (Wildman–Crippen MR) is 88.2 cm³/mol. The fourth-order valence-corrected chi connectivity index (χ4v) is 1.78. The molecule has 1 atom stereocenters. The molecule has 0 saturated heterocycles. The van der Waals surface area contributed by atoms with Crippen molar-refractivity contribution < 1.29 is 37.4 Å². The Hall–Kier alpha value is -3.24. The van der Waals surface area contributed by atoms with Crippen molar-refractivity contribution in [3.05, 3.63) is 29.8 Å². The molecule has 0 aliphatic rings. The Balaban J connectivity index is 2.48. The number of hydrogen-bond donors (Lipinski definition) is 3. The zero-order valence-corrected chi connectivity index (χ0v) is 14.6. The van der Waals surface area contributed by atoms with Gasteiger partial charge in [-0.1, -0.05) is 6.07 Å². The van der Waals surface area contributed by atoms with Crippen LogP contribution in [0.5, 0.6) is 5.75 Å². The van der Waals surface area contributed by atoms with E-state index in [-0.39, 0.29) is 11.3 Å². The molecule has 0 bridgehead atoms. The van der Waals surface area contributed by atoms with Gasteiger partial charge in [-0.15, -0.1) is 0 Å². The second-order valence-corrected chi connectivity index (χ2v) is 5.07. The van der Waals surface area contributed by atoms with Gasteiger partial charge in [-0.25, -0.2) is 4.79 Å². The molecular weight excluding hydrogens is 368 g/mol. The third-order valence-corrected chi connectivity index (χ3v) is 2.97. The highest BCUT2D eigenvalue weighted by atomic mass is 19.3. The van der Waals surface area contributed by atoms with Crippen LogP contribution in [0.3, 0.4) is 0 Å². The van der Waals surface area contributed by atoms with Crippen LogP contribution in [0.15, 0.2) is 24.3 Å². The van der Waals surface area contributed by atoms with Crippen LogP contribution in [0.25, 0.3) is 0 Å². The summed E-state index contributed by atoms with van der Waals surface area (Å²) in [7, 11) is 0. The number of carbonyl (C=O) groups excluding carboxylic acids is 4. The molecule has 0 fully saturated rings. The van der Waals surface area contributed by atoms with Gasteiger partial charge >= 0.3 is 18.6 Å². The Kier molecular flexibility index (Phi) is 8.63. The number of urea groups is 1. The topological polar surface area (TPSA) is 123 Å². The number of esters is 1. The number of alkyl halides is 2. The monoisotopic (exact) mass is 387 g/mol. The summed E-state index contributed by atoms with van der Waals surface area (Å²) in [6.07, 6.45) is -1.26. The summed E-state index contributed by atoms with van der Waals surface area (Å²) in [6, 6.07) is 4.26. The van der Waals surface area contributed by atoms with Gasteiger partial charge in [-0.05, 0) is 32.0 Å². The molecule has 0 heterocycles. The lowest BCUT2D eigenvalue weighted by atomic mass is 10.2. The molecule has 27 heavy (non-hydrogen) atoms. The zero-order chi connectivity index (χ0) is 20.4. The molecule has 1 unspecified atom stereocenters. The summed E-state index contributed by atoms with van der Waals surface area (Å²) in [6.45, 7) is -0.393. The first-order chi connectivity index (χ1) is 12.7. The lowest BCUT2D eigenvalue weighted by Crippen LogP contribution is -2.45. The maximum atomic E-state index is 12.2. The molecular formula is C16H19F2N3O6. The largest absolute Gasteiger partial charge is 0.451 e. The molecule has 1 aromatic rings. The molecule has 9 nitrogen and oxygen atoms in total. The van der Waals surface area contributed by atoms with Crippen molar-refractivity contribution in [1.82, 2.24) is 16.0 Å². The summed E-state index contributed by atoms with van der Waals surface area (Å²) < 4.78 is 33.3. The van der Waals surface area contributed by atoms with Gasteiger partial charge in [-0.2, -0.15) is 8.78 Å². The standard InChI is InChI=1S/C16H19F2N3O6/c1-3-19-16(25)21-13(23)9(2)26-12(22)8-20-14(24)10-5-4-6-11(7-10)27-15(17)18/h4-7,9,15H,3,8H2,1-2H3,(H,20,24)(H2,19,21,23,25). The molecule has 0 aliphatic carbocycles. The summed E-state index contributed by atoms with van der Waals surface area (Å²) in [5.74, 6) is -2.71. The maximum absolute atomic E-state index is 12.2. The summed E-state index contributed by atoms with van der Waals surface area (Å²) in [5.41, 5.74) is -0.0111. The van der Waals surface area contributed by atoms with Crippen LogP contribution in [0.2, 0.25) is 0 Å². The van der Waals surface area contributed by atoms with Crippen molar-refractivity contribution in [3.63, 3.8) is 0 Å². The van der Waals surface area contributed by atoms with E-state index in [4.69, 9.17) is 4.74 Å². The minimum absolute atomic E-state index is 0.0111. The number of ether oxygens (including phenoxy) is 2. The van der Waals surface area contributed by atoms with Crippen molar-refractivity contribution in [3.8, 4) is 5.75 Å². The Morgan fingerprint density at radius 1 is 1.15 bits per heavy atom. The van der Waals surface area contributed by atoms with E-state index < -0.39 is 43.1 Å². The van der Waals surface area contributed by atoms with E-state index in [9.17, 15) is 28.0 Å². The third-order valence-electron chi connectivity index (χ3n) is 2.97. The SMILES string of the molecule is CCNC(=O)NC(=O)C(C)OC(=O)CNC(=O)c1cccc(OC(F)F)c1. The van der Waals surface area contributed by atoms with Gasteiger partial charge in [-0.3, -0.25) is 19.7 Å². The van der Waals surface area contributed by atoms with Gasteiger partial charge in [0.05, 0.1) is 0 Å². The molecule has 0 radical (unpaired) electrons. The molecule has 4 amide bonds. The lowest BCUT2D eigenvalue weighted by Gasteiger charge is -2.13. The molecule has 0 aromatic heterocycles. The first kappa shape index (κ1) is 21.8. The number of benzene rings is 1. The van der Waals surface area contributed by atoms with E-state index in [1.54, 1.807) is 6.92 Å². The number of rotatable bonds is 8. The van der Waals surface area contributed by atoms with Crippen LogP contribution in [-0.2, 0) is 14.3 Å². The van der Waals surface area contributed by atoms with Crippen LogP contribution in [0.4, 0.5) is 13.6 Å². The first-order valence-electron chi connectivity index (χ1n) is 7.84. The first-order valence-corrected chi connectivity index (χ1v) is 7.84. The van der Waals surface area contributed by atoms with Gasteiger partial charge in [0.15, 0.2) is 6.10 Å². The molecule has 0 spiro atoms. The van der Waals surface area contributed by atoms with E-state index in [0.717, 1.165) is 6.07 Å². The van der Waals surface area contributed by atoms with Gasteiger partial charge in [0.25, 0.3) is 11.8 Å². The van der Waals surface area contributed by atoms with E-state index in [1.807, 2.05) is 5.32 Å². The Bertz CT molecular complexity index is 698. The van der Waals surface area contributed by atoms with Crippen molar-refractivity contribution in [2.75, 3.05) is 13.1 Å². The maximum Gasteiger partial charge on any atom is 0.387 e. The fourth-order valence-electron chi connectivity index (χ4n) is 1.78. The fraction of sp³-hybridized carbons (Fsp3) is 0.375. The van der Waals surface area contributed by atoms with Crippen LogP contribution >= 0.6 is 0 Å². The van der Waals surface area contributed by atoms with Crippen LogP contribution in [-0.4, -0.2) is 49.6 Å². The highest BCUT2D eigenvalue weighted by molar-refractivity contribution is 5.98. The quantitative estimate of drug-likeness (QED) is 0.567. The van der Waals surface area contributed by atoms with E-state index in [0.29, 0.717) is 6.54 Å². The van der Waals surface area contributed by atoms with Crippen molar-refractivity contribution >= 4 is 23.8 Å². The van der Waals surface area contributed by atoms with Crippen molar-refractivity contribution in [2.24, 2.45) is 0 Å². The third kappa shape index (κ3) is 8.12. The normalized spacial score (nSPS) is 11.3. The molecule has 0 aliphatic heterocycles. The average Bonchev–Trinajstić information content (AvgIpc) is 2.59. The Labute approximate surface area is 153 Å². The molecule has 148 valence electrons. The average molecular weight is 387 g/mol. The number of amides is 4.